The van der Waals surface area contributed by atoms with Gasteiger partial charge < -0.3 is 20.5 Å². The van der Waals surface area contributed by atoms with Crippen molar-refractivity contribution in [2.45, 2.75) is 25.6 Å². The topological polar surface area (TPSA) is 65.9 Å². The van der Waals surface area contributed by atoms with Crippen LogP contribution in [-0.4, -0.2) is 50.1 Å². The van der Waals surface area contributed by atoms with Crippen LogP contribution >= 0.6 is 22.9 Å². The number of aliphatic hydroxyl groups is 1. The third-order valence-corrected chi connectivity index (χ3v) is 4.04. The van der Waals surface area contributed by atoms with E-state index in [9.17, 15) is 18.3 Å². The first-order chi connectivity index (χ1) is 11.3. The number of rotatable bonds is 9. The molecule has 1 rings (SSSR count). The van der Waals surface area contributed by atoms with Crippen molar-refractivity contribution >= 4 is 28.9 Å². The summed E-state index contributed by atoms with van der Waals surface area (Å²) in [4.78, 5) is 4.97. The van der Waals surface area contributed by atoms with Crippen molar-refractivity contribution in [1.82, 2.24) is 10.6 Å². The molecule has 1 aromatic heterocycles. The first-order valence-corrected chi connectivity index (χ1v) is 8.61. The van der Waals surface area contributed by atoms with Gasteiger partial charge in [0.15, 0.2) is 5.96 Å². The number of nitrogens with one attached hydrogen (secondary N) is 2. The molecule has 0 saturated heterocycles. The minimum Gasteiger partial charge on any atom is -0.386 e. The van der Waals surface area contributed by atoms with Gasteiger partial charge in [-0.2, -0.15) is 13.2 Å². The van der Waals surface area contributed by atoms with Crippen molar-refractivity contribution in [2.75, 3.05) is 32.8 Å². The van der Waals surface area contributed by atoms with Gasteiger partial charge in [-0.05, 0) is 25.5 Å². The van der Waals surface area contributed by atoms with Crippen molar-refractivity contribution < 1.29 is 23.0 Å². The summed E-state index contributed by atoms with van der Waals surface area (Å²) in [5, 5.41) is 16.0. The number of nitrogens with zero attached hydrogens (tertiary/aromatic N) is 1. The summed E-state index contributed by atoms with van der Waals surface area (Å²) >= 11 is 7.11. The molecular weight excluding hydrogens is 367 g/mol. The fourth-order valence-corrected chi connectivity index (χ4v) is 2.72. The van der Waals surface area contributed by atoms with Crippen LogP contribution in [0.1, 0.15) is 24.3 Å². The molecule has 0 spiro atoms. The SMILES string of the molecule is CCNC(=NCC(O)c1ccc(Cl)s1)NCCCOCC(F)(F)F. The van der Waals surface area contributed by atoms with E-state index < -0.39 is 18.9 Å². The van der Waals surface area contributed by atoms with Gasteiger partial charge >= 0.3 is 6.18 Å². The number of halogens is 4. The molecule has 0 aliphatic heterocycles. The molecule has 0 aliphatic carbocycles. The minimum absolute atomic E-state index is 0.00222. The molecular formula is C14H21ClF3N3O2S. The van der Waals surface area contributed by atoms with E-state index in [1.165, 1.54) is 11.3 Å². The highest BCUT2D eigenvalue weighted by Gasteiger charge is 2.27. The van der Waals surface area contributed by atoms with Gasteiger partial charge in [-0.25, -0.2) is 0 Å². The molecule has 3 N–H and O–H groups in total. The number of alkyl halides is 3. The Kier molecular flexibility index (Phi) is 9.42. The van der Waals surface area contributed by atoms with Gasteiger partial charge in [0.2, 0.25) is 0 Å². The van der Waals surface area contributed by atoms with Gasteiger partial charge in [-0.15, -0.1) is 11.3 Å². The second kappa shape index (κ2) is 10.8. The maximum atomic E-state index is 11.9. The summed E-state index contributed by atoms with van der Waals surface area (Å²) in [7, 11) is 0. The van der Waals surface area contributed by atoms with Crippen molar-refractivity contribution in [3.63, 3.8) is 0 Å². The van der Waals surface area contributed by atoms with E-state index in [0.29, 0.717) is 29.8 Å². The highest BCUT2D eigenvalue weighted by Crippen LogP contribution is 2.26. The molecule has 0 saturated carbocycles. The van der Waals surface area contributed by atoms with Crippen LogP contribution in [0.15, 0.2) is 17.1 Å². The van der Waals surface area contributed by atoms with Gasteiger partial charge in [-0.1, -0.05) is 11.6 Å². The molecule has 0 radical (unpaired) electrons. The normalized spacial score (nSPS) is 13.8. The van der Waals surface area contributed by atoms with Crippen LogP contribution in [0, 0.1) is 0 Å². The van der Waals surface area contributed by atoms with E-state index >= 15 is 0 Å². The first kappa shape index (κ1) is 21.0. The number of hydrogen-bond acceptors (Lipinski definition) is 4. The van der Waals surface area contributed by atoms with E-state index in [0.717, 1.165) is 4.88 Å². The third kappa shape index (κ3) is 9.31. The molecule has 0 aromatic carbocycles. The van der Waals surface area contributed by atoms with Gasteiger partial charge in [0.05, 0.1) is 10.9 Å². The summed E-state index contributed by atoms with van der Waals surface area (Å²) < 4.78 is 40.8. The predicted octanol–water partition coefficient (Wildman–Crippen LogP) is 2.96. The lowest BCUT2D eigenvalue weighted by atomic mass is 10.3. The Morgan fingerprint density at radius 1 is 1.42 bits per heavy atom. The van der Waals surface area contributed by atoms with Crippen LogP contribution < -0.4 is 10.6 Å². The minimum atomic E-state index is -4.30. The molecule has 0 amide bonds. The number of thiophene rings is 1. The summed E-state index contributed by atoms with van der Waals surface area (Å²) in [6.45, 7) is 1.83. The molecule has 0 bridgehead atoms. The Morgan fingerprint density at radius 3 is 2.75 bits per heavy atom. The zero-order valence-corrected chi connectivity index (χ0v) is 14.8. The molecule has 24 heavy (non-hydrogen) atoms. The van der Waals surface area contributed by atoms with Gasteiger partial charge in [0, 0.05) is 24.6 Å². The molecule has 1 atom stereocenters. The molecule has 1 heterocycles. The molecule has 10 heteroatoms. The fourth-order valence-electron chi connectivity index (χ4n) is 1.69. The van der Waals surface area contributed by atoms with Crippen LogP contribution in [-0.2, 0) is 4.74 Å². The van der Waals surface area contributed by atoms with Gasteiger partial charge in [-0.3, -0.25) is 4.99 Å². The molecule has 138 valence electrons. The Morgan fingerprint density at radius 2 is 2.17 bits per heavy atom. The average molecular weight is 388 g/mol. The smallest absolute Gasteiger partial charge is 0.386 e. The van der Waals surface area contributed by atoms with Crippen LogP contribution in [0.2, 0.25) is 4.34 Å². The average Bonchev–Trinajstić information content (AvgIpc) is 2.93. The molecule has 1 unspecified atom stereocenters. The second-order valence-electron chi connectivity index (χ2n) is 4.83. The lowest BCUT2D eigenvalue weighted by molar-refractivity contribution is -0.173. The van der Waals surface area contributed by atoms with Crippen LogP contribution in [0.5, 0.6) is 0 Å². The summed E-state index contributed by atoms with van der Waals surface area (Å²) in [6, 6.07) is 3.45. The van der Waals surface area contributed by atoms with Gasteiger partial charge in [0.25, 0.3) is 0 Å². The van der Waals surface area contributed by atoms with Gasteiger partial charge in [0.1, 0.15) is 12.7 Å². The Balaban J connectivity index is 2.32. The number of hydrogen-bond donors (Lipinski definition) is 3. The van der Waals surface area contributed by atoms with Crippen molar-refractivity contribution in [2.24, 2.45) is 4.99 Å². The number of guanidine groups is 1. The Labute approximate surface area is 147 Å². The molecule has 0 aliphatic rings. The molecule has 5 nitrogen and oxygen atoms in total. The standard InChI is InChI=1S/C14H21ClF3N3O2S/c1-2-19-13(20-6-3-7-23-9-14(16,17)18)21-8-10(22)11-4-5-12(15)24-11/h4-5,10,22H,2-3,6-9H2,1H3,(H2,19,20,21). The molecule has 0 fully saturated rings. The summed E-state index contributed by atoms with van der Waals surface area (Å²) in [5.41, 5.74) is 0. The largest absolute Gasteiger partial charge is 0.411 e. The van der Waals surface area contributed by atoms with E-state index in [1.54, 1.807) is 12.1 Å². The lowest BCUT2D eigenvalue weighted by Gasteiger charge is -2.13. The Hall–Kier alpha value is -1.03. The summed E-state index contributed by atoms with van der Waals surface area (Å²) in [6.07, 6.45) is -4.65. The summed E-state index contributed by atoms with van der Waals surface area (Å²) in [5.74, 6) is 0.482. The highest BCUT2D eigenvalue weighted by molar-refractivity contribution is 7.16. The van der Waals surface area contributed by atoms with Crippen molar-refractivity contribution in [3.8, 4) is 0 Å². The Bertz CT molecular complexity index is 512. The quantitative estimate of drug-likeness (QED) is 0.346. The number of ether oxygens (including phenoxy) is 1. The van der Waals surface area contributed by atoms with Crippen LogP contribution in [0.4, 0.5) is 13.2 Å². The zero-order valence-electron chi connectivity index (χ0n) is 13.2. The highest BCUT2D eigenvalue weighted by atomic mass is 35.5. The third-order valence-electron chi connectivity index (χ3n) is 2.71. The lowest BCUT2D eigenvalue weighted by Crippen LogP contribution is -2.38. The van der Waals surface area contributed by atoms with Crippen molar-refractivity contribution in [3.05, 3.63) is 21.3 Å². The van der Waals surface area contributed by atoms with E-state index in [2.05, 4.69) is 20.4 Å². The maximum absolute atomic E-state index is 11.9. The van der Waals surface area contributed by atoms with Crippen LogP contribution in [0.3, 0.4) is 0 Å². The van der Waals surface area contributed by atoms with Crippen LogP contribution in [0.25, 0.3) is 0 Å². The first-order valence-electron chi connectivity index (χ1n) is 7.41. The van der Waals surface area contributed by atoms with E-state index in [-0.39, 0.29) is 13.2 Å². The fraction of sp³-hybridized carbons (Fsp3) is 0.643. The predicted molar refractivity (Wildman–Crippen MR) is 89.8 cm³/mol. The number of aliphatic hydroxyl groups excluding tert-OH is 1. The number of aliphatic imine (C=N–C) groups is 1. The second-order valence-corrected chi connectivity index (χ2v) is 6.57. The maximum Gasteiger partial charge on any atom is 0.411 e. The monoisotopic (exact) mass is 387 g/mol. The zero-order chi connectivity index (χ0) is 18.0. The van der Waals surface area contributed by atoms with E-state index in [4.69, 9.17) is 11.6 Å². The molecule has 1 aromatic rings. The van der Waals surface area contributed by atoms with E-state index in [1.807, 2.05) is 6.92 Å². The van der Waals surface area contributed by atoms with Crippen molar-refractivity contribution in [1.29, 1.82) is 0 Å².